The topological polar surface area (TPSA) is 87.4 Å². The van der Waals surface area contributed by atoms with Crippen molar-refractivity contribution >= 4 is 57.2 Å². The molecule has 1 fully saturated rings. The number of aromatic nitrogens is 1. The highest BCUT2D eigenvalue weighted by Gasteiger charge is 2.37. The summed E-state index contributed by atoms with van der Waals surface area (Å²) in [4.78, 5) is 19.2. The second kappa shape index (κ2) is 9.56. The minimum atomic E-state index is -0.441. The van der Waals surface area contributed by atoms with Gasteiger partial charge in [0.15, 0.2) is 0 Å². The minimum absolute atomic E-state index is 0.0211. The molecule has 0 spiro atoms. The Labute approximate surface area is 211 Å². The molecule has 0 aliphatic carbocycles. The van der Waals surface area contributed by atoms with E-state index in [1.807, 2.05) is 55.5 Å². The molecule has 0 saturated carbocycles. The number of hydrogen-bond donors (Lipinski definition) is 1. The Kier molecular flexibility index (Phi) is 6.32. The highest BCUT2D eigenvalue weighted by atomic mass is 35.5. The first-order valence-electron chi connectivity index (χ1n) is 10.8. The number of pyridine rings is 1. The molecule has 1 unspecified atom stereocenters. The number of aromatic hydroxyl groups is 1. The number of rotatable bonds is 5. The van der Waals surface area contributed by atoms with Crippen molar-refractivity contribution in [3.63, 3.8) is 0 Å². The molecule has 7 nitrogen and oxygen atoms in total. The summed E-state index contributed by atoms with van der Waals surface area (Å²) >= 11 is 8.05. The summed E-state index contributed by atoms with van der Waals surface area (Å²) in [5.74, 6) is 0.840. The van der Waals surface area contributed by atoms with Crippen LogP contribution in [0.1, 0.15) is 16.5 Å². The lowest BCUT2D eigenvalue weighted by molar-refractivity contribution is -0.115. The Hall–Kier alpha value is -3.62. The van der Waals surface area contributed by atoms with Crippen molar-refractivity contribution in [2.24, 2.45) is 10.2 Å². The van der Waals surface area contributed by atoms with E-state index < -0.39 is 5.37 Å². The number of thioether (sulfide) groups is 1. The quantitative estimate of drug-likeness (QED) is 0.231. The number of anilines is 1. The fourth-order valence-electron chi connectivity index (χ4n) is 3.95. The maximum absolute atomic E-state index is 13.1. The van der Waals surface area contributed by atoms with Gasteiger partial charge in [-0.25, -0.2) is 4.98 Å². The van der Waals surface area contributed by atoms with Crippen molar-refractivity contribution in [2.45, 2.75) is 12.3 Å². The van der Waals surface area contributed by atoms with Gasteiger partial charge >= 0.3 is 0 Å². The number of phenols is 1. The molecule has 0 bridgehead atoms. The van der Waals surface area contributed by atoms with Gasteiger partial charge in [0.05, 0.1) is 29.8 Å². The number of aryl methyl sites for hydroxylation is 1. The Morgan fingerprint density at radius 1 is 1.11 bits per heavy atom. The summed E-state index contributed by atoms with van der Waals surface area (Å²) in [6.07, 6.45) is 0. The number of carbonyl (C=O) groups is 1. The predicted octanol–water partition coefficient (Wildman–Crippen LogP) is 7.10. The number of halogens is 1. The molecule has 1 atom stereocenters. The number of methoxy groups -OCH3 is 1. The number of phenolic OH excluding ortho intramolecular Hbond substituents is 1. The summed E-state index contributed by atoms with van der Waals surface area (Å²) < 4.78 is 5.28. The number of azo groups is 1. The van der Waals surface area contributed by atoms with E-state index in [-0.39, 0.29) is 17.4 Å². The molecule has 4 aromatic rings. The number of fused-ring (bicyclic) bond motifs is 1. The van der Waals surface area contributed by atoms with E-state index >= 15 is 0 Å². The van der Waals surface area contributed by atoms with Crippen LogP contribution in [-0.2, 0) is 4.79 Å². The lowest BCUT2D eigenvalue weighted by atomic mass is 10.1. The summed E-state index contributed by atoms with van der Waals surface area (Å²) in [7, 11) is 1.60. The largest absolute Gasteiger partial charge is 0.508 e. The molecule has 176 valence electrons. The van der Waals surface area contributed by atoms with Gasteiger partial charge in [0.1, 0.15) is 27.7 Å². The van der Waals surface area contributed by atoms with Crippen LogP contribution >= 0.6 is 23.4 Å². The molecular weight excluding hydrogens is 484 g/mol. The summed E-state index contributed by atoms with van der Waals surface area (Å²) in [5.41, 5.74) is 4.07. The van der Waals surface area contributed by atoms with Crippen LogP contribution in [0.3, 0.4) is 0 Å². The Morgan fingerprint density at radius 2 is 1.97 bits per heavy atom. The first kappa shape index (κ1) is 23.1. The van der Waals surface area contributed by atoms with Crippen LogP contribution in [0.5, 0.6) is 11.5 Å². The maximum atomic E-state index is 13.1. The maximum Gasteiger partial charge on any atom is 0.238 e. The molecule has 35 heavy (non-hydrogen) atoms. The average molecular weight is 505 g/mol. The Bertz CT molecular complexity index is 1480. The Balaban J connectivity index is 1.57. The van der Waals surface area contributed by atoms with Crippen molar-refractivity contribution in [3.05, 3.63) is 83.0 Å². The molecule has 1 N–H and O–H groups in total. The molecule has 1 aliphatic rings. The zero-order chi connectivity index (χ0) is 24.5. The summed E-state index contributed by atoms with van der Waals surface area (Å²) in [5, 5.41) is 19.7. The third kappa shape index (κ3) is 4.67. The zero-order valence-electron chi connectivity index (χ0n) is 19.0. The van der Waals surface area contributed by atoms with E-state index in [1.54, 1.807) is 18.1 Å². The number of amides is 1. The smallest absolute Gasteiger partial charge is 0.238 e. The second-order valence-corrected chi connectivity index (χ2v) is 9.49. The number of hydrogen-bond acceptors (Lipinski definition) is 7. The monoisotopic (exact) mass is 504 g/mol. The second-order valence-electron chi connectivity index (χ2n) is 8.07. The van der Waals surface area contributed by atoms with Crippen LogP contribution in [0.4, 0.5) is 17.1 Å². The van der Waals surface area contributed by atoms with Gasteiger partial charge < -0.3 is 9.84 Å². The molecule has 0 radical (unpaired) electrons. The van der Waals surface area contributed by atoms with Crippen LogP contribution in [0.25, 0.3) is 10.9 Å². The van der Waals surface area contributed by atoms with Crippen molar-refractivity contribution in [1.29, 1.82) is 0 Å². The molecular formula is C26H21ClN4O3S. The number of nitrogens with zero attached hydrogens (tertiary/aromatic N) is 4. The van der Waals surface area contributed by atoms with Gasteiger partial charge in [-0.3, -0.25) is 9.69 Å². The van der Waals surface area contributed by atoms with Crippen molar-refractivity contribution in [3.8, 4) is 11.5 Å². The van der Waals surface area contributed by atoms with Gasteiger partial charge in [-0.1, -0.05) is 23.7 Å². The van der Waals surface area contributed by atoms with Crippen LogP contribution in [0.2, 0.25) is 5.15 Å². The van der Waals surface area contributed by atoms with Gasteiger partial charge in [-0.2, -0.15) is 5.11 Å². The fourth-order valence-corrected chi connectivity index (χ4v) is 5.44. The van der Waals surface area contributed by atoms with E-state index in [9.17, 15) is 9.90 Å². The average Bonchev–Trinajstić information content (AvgIpc) is 3.23. The van der Waals surface area contributed by atoms with Gasteiger partial charge in [-0.05, 0) is 55.0 Å². The van der Waals surface area contributed by atoms with Crippen LogP contribution in [0.15, 0.2) is 77.0 Å². The standard InChI is InChI=1S/C26H21ClN4O3S/c1-15-4-3-5-17(10-15)29-30-21-9-7-18(32)12-23(21)31-24(33)14-35-26(31)20-11-16-6-8-19(34-2)13-22(16)28-25(20)27/h3-13,26,32H,14H2,1-2H3. The third-order valence-electron chi connectivity index (χ3n) is 5.63. The number of carbonyl (C=O) groups excluding carboxylic acids is 1. The summed E-state index contributed by atoms with van der Waals surface area (Å²) in [6.45, 7) is 1.98. The number of ether oxygens (including phenoxy) is 1. The first-order chi connectivity index (χ1) is 16.9. The third-order valence-corrected chi connectivity index (χ3v) is 7.13. The molecule has 5 rings (SSSR count). The number of benzene rings is 3. The molecule has 1 aromatic heterocycles. The highest BCUT2D eigenvalue weighted by molar-refractivity contribution is 8.00. The van der Waals surface area contributed by atoms with Gasteiger partial charge in [0, 0.05) is 23.1 Å². The normalized spacial score (nSPS) is 15.9. The van der Waals surface area contributed by atoms with Crippen molar-refractivity contribution in [2.75, 3.05) is 17.8 Å². The molecule has 3 aromatic carbocycles. The van der Waals surface area contributed by atoms with Crippen LogP contribution < -0.4 is 9.64 Å². The van der Waals surface area contributed by atoms with Gasteiger partial charge in [0.2, 0.25) is 5.91 Å². The van der Waals surface area contributed by atoms with Crippen molar-refractivity contribution < 1.29 is 14.6 Å². The van der Waals surface area contributed by atoms with E-state index in [4.69, 9.17) is 16.3 Å². The van der Waals surface area contributed by atoms with E-state index in [2.05, 4.69) is 15.2 Å². The fraction of sp³-hybridized carbons (Fsp3) is 0.154. The van der Waals surface area contributed by atoms with E-state index in [0.29, 0.717) is 39.0 Å². The van der Waals surface area contributed by atoms with Gasteiger partial charge in [0.25, 0.3) is 0 Å². The van der Waals surface area contributed by atoms with Gasteiger partial charge in [-0.15, -0.1) is 16.9 Å². The molecule has 1 amide bonds. The highest BCUT2D eigenvalue weighted by Crippen LogP contribution is 2.48. The lowest BCUT2D eigenvalue weighted by Crippen LogP contribution is -2.28. The first-order valence-corrected chi connectivity index (χ1v) is 12.2. The van der Waals surface area contributed by atoms with E-state index in [1.165, 1.54) is 23.9 Å². The van der Waals surface area contributed by atoms with Crippen LogP contribution in [0, 0.1) is 6.92 Å². The minimum Gasteiger partial charge on any atom is -0.508 e. The van der Waals surface area contributed by atoms with E-state index in [0.717, 1.165) is 10.9 Å². The molecule has 2 heterocycles. The lowest BCUT2D eigenvalue weighted by Gasteiger charge is -2.26. The Morgan fingerprint density at radius 3 is 2.77 bits per heavy atom. The molecule has 9 heteroatoms. The zero-order valence-corrected chi connectivity index (χ0v) is 20.5. The summed E-state index contributed by atoms with van der Waals surface area (Å²) in [6, 6.07) is 19.8. The SMILES string of the molecule is COc1ccc2cc(C3SCC(=O)N3c3cc(O)ccc3N=Nc3cccc(C)c3)c(Cl)nc2c1. The molecule has 1 saturated heterocycles. The molecule has 1 aliphatic heterocycles. The van der Waals surface area contributed by atoms with Crippen molar-refractivity contribution in [1.82, 2.24) is 4.98 Å². The van der Waals surface area contributed by atoms with Crippen LogP contribution in [-0.4, -0.2) is 28.9 Å². The predicted molar refractivity (Wildman–Crippen MR) is 139 cm³/mol.